The summed E-state index contributed by atoms with van der Waals surface area (Å²) in [6.07, 6.45) is 1.75. The number of carbonyl (C=O) groups excluding carboxylic acids is 1. The Labute approximate surface area is 128 Å². The van der Waals surface area contributed by atoms with Crippen molar-refractivity contribution >= 4 is 28.9 Å². The molecule has 0 aliphatic carbocycles. The molecular weight excluding hydrogens is 286 g/mol. The second kappa shape index (κ2) is 6.85. The van der Waals surface area contributed by atoms with Crippen LogP contribution in [0, 0.1) is 13.8 Å². The van der Waals surface area contributed by atoms with E-state index >= 15 is 0 Å². The highest BCUT2D eigenvalue weighted by Gasteiger charge is 2.04. The first-order chi connectivity index (χ1) is 10.0. The van der Waals surface area contributed by atoms with Gasteiger partial charge < -0.3 is 5.32 Å². The Hall–Kier alpha value is -2.41. The van der Waals surface area contributed by atoms with Crippen LogP contribution in [-0.2, 0) is 11.3 Å². The summed E-state index contributed by atoms with van der Waals surface area (Å²) >= 11 is 5.11. The highest BCUT2D eigenvalue weighted by atomic mass is 32.1. The zero-order chi connectivity index (χ0) is 15.2. The van der Waals surface area contributed by atoms with Crippen LogP contribution in [0.25, 0.3) is 0 Å². The minimum atomic E-state index is -0.230. The fraction of sp³-hybridized carbons (Fsp3) is 0.214. The van der Waals surface area contributed by atoms with Crippen molar-refractivity contribution in [2.24, 2.45) is 0 Å². The van der Waals surface area contributed by atoms with Crippen molar-refractivity contribution in [1.29, 1.82) is 0 Å². The van der Waals surface area contributed by atoms with Gasteiger partial charge in [-0.2, -0.15) is 5.10 Å². The lowest BCUT2D eigenvalue weighted by Crippen LogP contribution is -2.45. The summed E-state index contributed by atoms with van der Waals surface area (Å²) in [5.41, 5.74) is 8.04. The molecule has 0 saturated heterocycles. The molecule has 2 aromatic rings. The highest BCUT2D eigenvalue weighted by Crippen LogP contribution is 2.08. The number of hydrazine groups is 1. The molecule has 110 valence electrons. The third kappa shape index (κ3) is 4.88. The van der Waals surface area contributed by atoms with Crippen molar-refractivity contribution in [2.45, 2.75) is 20.4 Å². The monoisotopic (exact) mass is 303 g/mol. The van der Waals surface area contributed by atoms with Crippen LogP contribution >= 0.6 is 12.2 Å². The Kier molecular flexibility index (Phi) is 4.89. The number of hydrogen-bond donors (Lipinski definition) is 3. The van der Waals surface area contributed by atoms with E-state index in [0.29, 0.717) is 5.11 Å². The second-order valence-electron chi connectivity index (χ2n) is 4.65. The number of nitrogens with zero attached hydrogens (tertiary/aromatic N) is 2. The Bertz CT molecular complexity index is 652. The normalized spacial score (nSPS) is 10.0. The smallest absolute Gasteiger partial charge is 0.260 e. The average Bonchev–Trinajstić information content (AvgIpc) is 2.82. The van der Waals surface area contributed by atoms with Gasteiger partial charge in [-0.1, -0.05) is 12.1 Å². The number of aryl methyl sites for hydroxylation is 2. The van der Waals surface area contributed by atoms with Gasteiger partial charge >= 0.3 is 0 Å². The molecule has 0 unspecified atom stereocenters. The highest BCUT2D eigenvalue weighted by molar-refractivity contribution is 7.80. The Morgan fingerprint density at radius 2 is 2.10 bits per heavy atom. The molecule has 2 rings (SSSR count). The lowest BCUT2D eigenvalue weighted by atomic mass is 10.2. The summed E-state index contributed by atoms with van der Waals surface area (Å²) in [7, 11) is 0. The molecule has 1 heterocycles. The SMILES string of the molecule is Cc1cccc(NC(=S)NNC(=O)Cn2ccc(C)n2)c1. The molecule has 0 aliphatic rings. The van der Waals surface area contributed by atoms with E-state index in [-0.39, 0.29) is 12.5 Å². The van der Waals surface area contributed by atoms with Crippen LogP contribution in [-0.4, -0.2) is 20.8 Å². The lowest BCUT2D eigenvalue weighted by Gasteiger charge is -2.12. The van der Waals surface area contributed by atoms with E-state index < -0.39 is 0 Å². The topological polar surface area (TPSA) is 71.0 Å². The first kappa shape index (κ1) is 15.0. The van der Waals surface area contributed by atoms with Gasteiger partial charge in [-0.15, -0.1) is 0 Å². The van der Waals surface area contributed by atoms with Crippen LogP contribution in [0.1, 0.15) is 11.3 Å². The summed E-state index contributed by atoms with van der Waals surface area (Å²) < 4.78 is 1.56. The maximum absolute atomic E-state index is 11.7. The van der Waals surface area contributed by atoms with Gasteiger partial charge in [-0.3, -0.25) is 20.3 Å². The first-order valence-electron chi connectivity index (χ1n) is 6.45. The van der Waals surface area contributed by atoms with Gasteiger partial charge in [0.2, 0.25) is 0 Å². The maximum atomic E-state index is 11.7. The molecule has 7 heteroatoms. The quantitative estimate of drug-likeness (QED) is 0.592. The van der Waals surface area contributed by atoms with Crippen LogP contribution in [0.2, 0.25) is 0 Å². The number of amides is 1. The van der Waals surface area contributed by atoms with Crippen molar-refractivity contribution in [2.75, 3.05) is 5.32 Å². The van der Waals surface area contributed by atoms with Crippen molar-refractivity contribution in [3.63, 3.8) is 0 Å². The summed E-state index contributed by atoms with van der Waals surface area (Å²) in [6, 6.07) is 9.62. The molecule has 1 amide bonds. The molecule has 0 radical (unpaired) electrons. The van der Waals surface area contributed by atoms with Crippen molar-refractivity contribution in [1.82, 2.24) is 20.6 Å². The minimum absolute atomic E-state index is 0.133. The Morgan fingerprint density at radius 1 is 1.29 bits per heavy atom. The molecule has 0 spiro atoms. The number of rotatable bonds is 3. The van der Waals surface area contributed by atoms with E-state index in [4.69, 9.17) is 12.2 Å². The van der Waals surface area contributed by atoms with Gasteiger partial charge in [0.1, 0.15) is 6.54 Å². The molecular formula is C14H17N5OS. The molecule has 0 bridgehead atoms. The molecule has 6 nitrogen and oxygen atoms in total. The van der Waals surface area contributed by atoms with E-state index in [9.17, 15) is 4.79 Å². The molecule has 0 atom stereocenters. The van der Waals surface area contributed by atoms with E-state index in [1.54, 1.807) is 10.9 Å². The number of aromatic nitrogens is 2. The fourth-order valence-corrected chi connectivity index (χ4v) is 1.92. The van der Waals surface area contributed by atoms with Crippen molar-refractivity contribution in [3.8, 4) is 0 Å². The standard InChI is InChI=1S/C14H17N5OS/c1-10-4-3-5-12(8-10)15-14(21)17-16-13(20)9-19-7-6-11(2)18-19/h3-8H,9H2,1-2H3,(H,16,20)(H2,15,17,21). The molecule has 0 fully saturated rings. The number of thiocarbonyl (C=S) groups is 1. The number of benzene rings is 1. The first-order valence-corrected chi connectivity index (χ1v) is 6.86. The molecule has 3 N–H and O–H groups in total. The van der Waals surface area contributed by atoms with Crippen LogP contribution in [0.15, 0.2) is 36.5 Å². The van der Waals surface area contributed by atoms with Gasteiger partial charge in [0, 0.05) is 11.9 Å². The summed E-state index contributed by atoms with van der Waals surface area (Å²) in [6.45, 7) is 4.00. The summed E-state index contributed by atoms with van der Waals surface area (Å²) in [4.78, 5) is 11.7. The van der Waals surface area contributed by atoms with Crippen LogP contribution < -0.4 is 16.2 Å². The third-order valence-electron chi connectivity index (χ3n) is 2.67. The number of anilines is 1. The third-order valence-corrected chi connectivity index (χ3v) is 2.88. The molecule has 0 saturated carbocycles. The van der Waals surface area contributed by atoms with E-state index in [1.807, 2.05) is 44.2 Å². The predicted molar refractivity (Wildman–Crippen MR) is 85.6 cm³/mol. The van der Waals surface area contributed by atoms with Gasteiger partial charge in [-0.25, -0.2) is 0 Å². The average molecular weight is 303 g/mol. The zero-order valence-corrected chi connectivity index (χ0v) is 12.7. The zero-order valence-electron chi connectivity index (χ0n) is 11.9. The molecule has 0 aliphatic heterocycles. The lowest BCUT2D eigenvalue weighted by molar-refractivity contribution is -0.122. The van der Waals surface area contributed by atoms with Crippen LogP contribution in [0.5, 0.6) is 0 Å². The van der Waals surface area contributed by atoms with Gasteiger partial charge in [0.05, 0.1) is 5.69 Å². The number of hydrogen-bond acceptors (Lipinski definition) is 3. The van der Waals surface area contributed by atoms with Crippen LogP contribution in [0.4, 0.5) is 5.69 Å². The van der Waals surface area contributed by atoms with E-state index in [2.05, 4.69) is 21.3 Å². The predicted octanol–water partition coefficient (Wildman–Crippen LogP) is 1.52. The van der Waals surface area contributed by atoms with Gasteiger partial charge in [-0.05, 0) is 49.8 Å². The minimum Gasteiger partial charge on any atom is -0.331 e. The van der Waals surface area contributed by atoms with Gasteiger partial charge in [0.15, 0.2) is 5.11 Å². The van der Waals surface area contributed by atoms with Crippen molar-refractivity contribution in [3.05, 3.63) is 47.8 Å². The van der Waals surface area contributed by atoms with Crippen LogP contribution in [0.3, 0.4) is 0 Å². The largest absolute Gasteiger partial charge is 0.331 e. The van der Waals surface area contributed by atoms with Gasteiger partial charge in [0.25, 0.3) is 5.91 Å². The summed E-state index contributed by atoms with van der Waals surface area (Å²) in [5.74, 6) is -0.230. The number of carbonyl (C=O) groups is 1. The summed E-state index contributed by atoms with van der Waals surface area (Å²) in [5, 5.41) is 7.45. The molecule has 1 aromatic heterocycles. The molecule has 1 aromatic carbocycles. The van der Waals surface area contributed by atoms with E-state index in [0.717, 1.165) is 16.9 Å². The Morgan fingerprint density at radius 3 is 2.76 bits per heavy atom. The van der Waals surface area contributed by atoms with Crippen molar-refractivity contribution < 1.29 is 4.79 Å². The molecule has 21 heavy (non-hydrogen) atoms. The Balaban J connectivity index is 1.77. The maximum Gasteiger partial charge on any atom is 0.260 e. The van der Waals surface area contributed by atoms with E-state index in [1.165, 1.54) is 0 Å². The second-order valence-corrected chi connectivity index (χ2v) is 5.06. The fourth-order valence-electron chi connectivity index (χ4n) is 1.75. The number of nitrogens with one attached hydrogen (secondary N) is 3.